The van der Waals surface area contributed by atoms with Crippen molar-refractivity contribution in [2.45, 2.75) is 13.8 Å². The number of aryl methyl sites for hydroxylation is 1. The Balaban J connectivity index is 2.16. The number of rotatable bonds is 6. The van der Waals surface area contributed by atoms with Crippen molar-refractivity contribution in [3.63, 3.8) is 0 Å². The van der Waals surface area contributed by atoms with Gasteiger partial charge in [-0.2, -0.15) is 0 Å². The SMILES string of the molecule is COC(=O)c1c(C)[nH]c(C(=O)OCC(=O)c2cc(F)ccc2OC)c1C. The Hall–Kier alpha value is -3.16. The first kappa shape index (κ1) is 19.2. The van der Waals surface area contributed by atoms with Gasteiger partial charge < -0.3 is 19.2 Å². The van der Waals surface area contributed by atoms with Gasteiger partial charge in [-0.1, -0.05) is 0 Å². The quantitative estimate of drug-likeness (QED) is 0.626. The number of benzene rings is 1. The van der Waals surface area contributed by atoms with Gasteiger partial charge in [0.15, 0.2) is 6.61 Å². The predicted octanol–water partition coefficient (Wildman–Crippen LogP) is 2.61. The summed E-state index contributed by atoms with van der Waals surface area (Å²) in [6.07, 6.45) is 0. The highest BCUT2D eigenvalue weighted by atomic mass is 19.1. The normalized spacial score (nSPS) is 10.3. The van der Waals surface area contributed by atoms with E-state index in [-0.39, 0.29) is 22.6 Å². The van der Waals surface area contributed by atoms with Crippen molar-refractivity contribution in [1.29, 1.82) is 0 Å². The summed E-state index contributed by atoms with van der Waals surface area (Å²) in [5, 5.41) is 0. The summed E-state index contributed by atoms with van der Waals surface area (Å²) >= 11 is 0. The number of esters is 2. The Morgan fingerprint density at radius 3 is 2.42 bits per heavy atom. The molecule has 0 saturated carbocycles. The summed E-state index contributed by atoms with van der Waals surface area (Å²) in [6.45, 7) is 2.56. The first-order valence-electron chi connectivity index (χ1n) is 7.61. The summed E-state index contributed by atoms with van der Waals surface area (Å²) < 4.78 is 28.0. The fourth-order valence-corrected chi connectivity index (χ4v) is 2.54. The molecule has 0 aliphatic rings. The summed E-state index contributed by atoms with van der Waals surface area (Å²) in [5.41, 5.74) is 1.05. The van der Waals surface area contributed by atoms with Crippen LogP contribution in [-0.2, 0) is 9.47 Å². The van der Waals surface area contributed by atoms with Crippen molar-refractivity contribution in [2.75, 3.05) is 20.8 Å². The molecule has 26 heavy (non-hydrogen) atoms. The number of nitrogens with one attached hydrogen (secondary N) is 1. The number of aromatic nitrogens is 1. The summed E-state index contributed by atoms with van der Waals surface area (Å²) in [5.74, 6) is -2.46. The van der Waals surface area contributed by atoms with Crippen LogP contribution >= 0.6 is 0 Å². The standard InChI is InChI=1S/C18H18FNO6/c1-9-15(17(22)25-4)10(2)20-16(9)18(23)26-8-13(21)12-7-11(19)5-6-14(12)24-3/h5-7,20H,8H2,1-4H3. The third kappa shape index (κ3) is 3.74. The van der Waals surface area contributed by atoms with Crippen molar-refractivity contribution in [2.24, 2.45) is 0 Å². The molecular formula is C18H18FNO6. The fraction of sp³-hybridized carbons (Fsp3) is 0.278. The van der Waals surface area contributed by atoms with E-state index in [1.54, 1.807) is 13.8 Å². The van der Waals surface area contributed by atoms with Gasteiger partial charge in [-0.3, -0.25) is 4.79 Å². The van der Waals surface area contributed by atoms with Crippen LogP contribution in [0.2, 0.25) is 0 Å². The van der Waals surface area contributed by atoms with Crippen molar-refractivity contribution < 1.29 is 33.0 Å². The van der Waals surface area contributed by atoms with Crippen LogP contribution in [0.4, 0.5) is 4.39 Å². The molecular weight excluding hydrogens is 345 g/mol. The predicted molar refractivity (Wildman–Crippen MR) is 89.2 cm³/mol. The number of carbonyl (C=O) groups excluding carboxylic acids is 3. The molecule has 8 heteroatoms. The molecule has 138 valence electrons. The second-order valence-corrected chi connectivity index (χ2v) is 5.46. The van der Waals surface area contributed by atoms with Gasteiger partial charge in [-0.25, -0.2) is 14.0 Å². The number of Topliss-reactive ketones (excluding diaryl/α,β-unsaturated/α-hetero) is 1. The van der Waals surface area contributed by atoms with Crippen molar-refractivity contribution in [3.8, 4) is 5.75 Å². The van der Waals surface area contributed by atoms with Crippen LogP contribution in [0.15, 0.2) is 18.2 Å². The Kier molecular flexibility index (Phi) is 5.76. The van der Waals surface area contributed by atoms with Gasteiger partial charge in [0.05, 0.1) is 25.3 Å². The molecule has 0 atom stereocenters. The van der Waals surface area contributed by atoms with Gasteiger partial charge in [-0.15, -0.1) is 0 Å². The molecule has 0 radical (unpaired) electrons. The Bertz CT molecular complexity index is 871. The molecule has 1 aromatic carbocycles. The monoisotopic (exact) mass is 363 g/mol. The maximum atomic E-state index is 13.4. The minimum absolute atomic E-state index is 0.0325. The molecule has 0 amide bonds. The van der Waals surface area contributed by atoms with Gasteiger partial charge in [0.25, 0.3) is 0 Å². The van der Waals surface area contributed by atoms with Crippen LogP contribution in [0.1, 0.15) is 42.5 Å². The Morgan fingerprint density at radius 2 is 1.81 bits per heavy atom. The van der Waals surface area contributed by atoms with Crippen LogP contribution in [0.3, 0.4) is 0 Å². The van der Waals surface area contributed by atoms with Gasteiger partial charge >= 0.3 is 11.9 Å². The molecule has 0 aliphatic carbocycles. The molecule has 2 aromatic rings. The number of halogens is 1. The molecule has 1 N–H and O–H groups in total. The molecule has 0 saturated heterocycles. The van der Waals surface area contributed by atoms with Crippen LogP contribution in [0, 0.1) is 19.7 Å². The largest absolute Gasteiger partial charge is 0.496 e. The lowest BCUT2D eigenvalue weighted by Gasteiger charge is -2.08. The molecule has 0 bridgehead atoms. The number of ether oxygens (including phenoxy) is 3. The van der Waals surface area contributed by atoms with Gasteiger partial charge in [-0.05, 0) is 37.6 Å². The van der Waals surface area contributed by atoms with Crippen molar-refractivity contribution >= 4 is 17.7 Å². The number of carbonyl (C=O) groups is 3. The maximum Gasteiger partial charge on any atom is 0.355 e. The average molecular weight is 363 g/mol. The Labute approximate surface area is 149 Å². The fourth-order valence-electron chi connectivity index (χ4n) is 2.54. The average Bonchev–Trinajstić information content (AvgIpc) is 2.93. The molecule has 1 heterocycles. The van der Waals surface area contributed by atoms with Crippen LogP contribution in [0.5, 0.6) is 5.75 Å². The van der Waals surface area contributed by atoms with Gasteiger partial charge in [0.1, 0.15) is 17.3 Å². The van der Waals surface area contributed by atoms with Crippen molar-refractivity contribution in [1.82, 2.24) is 4.98 Å². The highest BCUT2D eigenvalue weighted by molar-refractivity contribution is 6.02. The molecule has 0 unspecified atom stereocenters. The van der Waals surface area contributed by atoms with Crippen molar-refractivity contribution in [3.05, 3.63) is 52.1 Å². The third-order valence-corrected chi connectivity index (χ3v) is 3.83. The molecule has 0 aliphatic heterocycles. The van der Waals surface area contributed by atoms with E-state index in [1.165, 1.54) is 20.3 Å². The van der Waals surface area contributed by atoms with Crippen LogP contribution in [-0.4, -0.2) is 43.5 Å². The van der Waals surface area contributed by atoms with Gasteiger partial charge in [0.2, 0.25) is 5.78 Å². The van der Waals surface area contributed by atoms with E-state index in [4.69, 9.17) is 9.47 Å². The van der Waals surface area contributed by atoms with E-state index in [2.05, 4.69) is 9.72 Å². The minimum atomic E-state index is -0.815. The number of hydrogen-bond donors (Lipinski definition) is 1. The van der Waals surface area contributed by atoms with Gasteiger partial charge in [0, 0.05) is 5.69 Å². The first-order valence-corrected chi connectivity index (χ1v) is 7.61. The molecule has 1 aromatic heterocycles. The summed E-state index contributed by atoms with van der Waals surface area (Å²) in [7, 11) is 2.58. The summed E-state index contributed by atoms with van der Waals surface area (Å²) in [6, 6.07) is 3.47. The van der Waals surface area contributed by atoms with Crippen LogP contribution < -0.4 is 4.74 Å². The maximum absolute atomic E-state index is 13.4. The minimum Gasteiger partial charge on any atom is -0.496 e. The summed E-state index contributed by atoms with van der Waals surface area (Å²) in [4.78, 5) is 39.0. The zero-order chi connectivity index (χ0) is 19.4. The number of ketones is 1. The van der Waals surface area contributed by atoms with E-state index in [0.717, 1.165) is 12.1 Å². The van der Waals surface area contributed by atoms with Crippen LogP contribution in [0.25, 0.3) is 0 Å². The lowest BCUT2D eigenvalue weighted by Crippen LogP contribution is -2.16. The number of H-pyrrole nitrogens is 1. The van der Waals surface area contributed by atoms with E-state index >= 15 is 0 Å². The number of methoxy groups -OCH3 is 2. The highest BCUT2D eigenvalue weighted by Gasteiger charge is 2.24. The molecule has 0 fully saturated rings. The molecule has 0 spiro atoms. The Morgan fingerprint density at radius 1 is 1.12 bits per heavy atom. The topological polar surface area (TPSA) is 94.7 Å². The molecule has 2 rings (SSSR count). The van der Waals surface area contributed by atoms with E-state index < -0.39 is 30.1 Å². The smallest absolute Gasteiger partial charge is 0.355 e. The lowest BCUT2D eigenvalue weighted by atomic mass is 10.1. The third-order valence-electron chi connectivity index (χ3n) is 3.83. The number of hydrogen-bond acceptors (Lipinski definition) is 6. The molecule has 7 nitrogen and oxygen atoms in total. The van der Waals surface area contributed by atoms with E-state index in [0.29, 0.717) is 11.3 Å². The first-order chi connectivity index (χ1) is 12.3. The second-order valence-electron chi connectivity index (χ2n) is 5.46. The lowest BCUT2D eigenvalue weighted by molar-refractivity contribution is 0.0468. The zero-order valence-corrected chi connectivity index (χ0v) is 14.8. The highest BCUT2D eigenvalue weighted by Crippen LogP contribution is 2.22. The van der Waals surface area contributed by atoms with E-state index in [1.807, 2.05) is 0 Å². The zero-order valence-electron chi connectivity index (χ0n) is 14.8. The van der Waals surface area contributed by atoms with E-state index in [9.17, 15) is 18.8 Å². The second kappa shape index (κ2) is 7.81. The number of aromatic amines is 1.